The van der Waals surface area contributed by atoms with Gasteiger partial charge in [0, 0.05) is 17.6 Å². The Kier molecular flexibility index (Phi) is 5.11. The molecule has 0 atom stereocenters. The van der Waals surface area contributed by atoms with E-state index < -0.39 is 5.91 Å². The van der Waals surface area contributed by atoms with Crippen LogP contribution in [0.4, 0.5) is 10.1 Å². The number of carbonyl (C=O) groups excluding carboxylic acids is 1. The molecule has 1 heterocycles. The minimum absolute atomic E-state index is 0.181. The van der Waals surface area contributed by atoms with E-state index in [1.807, 2.05) is 6.92 Å². The lowest BCUT2D eigenvalue weighted by molar-refractivity contribution is 0.102. The van der Waals surface area contributed by atoms with Crippen LogP contribution in [0.15, 0.2) is 47.3 Å². The molecule has 0 radical (unpaired) electrons. The first-order valence-corrected chi connectivity index (χ1v) is 8.58. The van der Waals surface area contributed by atoms with Gasteiger partial charge in [0.25, 0.3) is 11.5 Å². The second-order valence-electron chi connectivity index (χ2n) is 6.19. The van der Waals surface area contributed by atoms with Gasteiger partial charge in [0.2, 0.25) is 0 Å². The van der Waals surface area contributed by atoms with E-state index in [1.54, 1.807) is 31.2 Å². The molecule has 5 nitrogen and oxygen atoms in total. The van der Waals surface area contributed by atoms with Crippen molar-refractivity contribution >= 4 is 22.4 Å². The number of nitrogens with one attached hydrogen (secondary N) is 1. The molecule has 0 saturated carbocycles. The molecule has 134 valence electrons. The number of anilines is 1. The van der Waals surface area contributed by atoms with Crippen molar-refractivity contribution in [1.82, 2.24) is 9.78 Å². The highest BCUT2D eigenvalue weighted by Gasteiger charge is 2.17. The van der Waals surface area contributed by atoms with Crippen LogP contribution in [0.5, 0.6) is 0 Å². The summed E-state index contributed by atoms with van der Waals surface area (Å²) in [6.45, 7) is 4.19. The van der Waals surface area contributed by atoms with E-state index in [-0.39, 0.29) is 17.1 Å². The normalized spacial score (nSPS) is 10.9. The second kappa shape index (κ2) is 7.47. The molecule has 0 spiro atoms. The lowest BCUT2D eigenvalue weighted by atomic mass is 10.1. The molecular weight excluding hydrogens is 333 g/mol. The number of rotatable bonds is 5. The summed E-state index contributed by atoms with van der Waals surface area (Å²) in [5.74, 6) is -0.793. The minimum atomic E-state index is -0.429. The summed E-state index contributed by atoms with van der Waals surface area (Å²) in [5.41, 5.74) is 1.10. The van der Waals surface area contributed by atoms with Crippen LogP contribution in [-0.2, 0) is 6.54 Å². The van der Waals surface area contributed by atoms with Gasteiger partial charge in [-0.15, -0.1) is 0 Å². The van der Waals surface area contributed by atoms with Crippen LogP contribution in [-0.4, -0.2) is 15.7 Å². The maximum absolute atomic E-state index is 13.3. The average molecular weight is 353 g/mol. The van der Waals surface area contributed by atoms with Gasteiger partial charge in [-0.3, -0.25) is 9.59 Å². The van der Waals surface area contributed by atoms with E-state index in [0.717, 1.165) is 12.8 Å². The Balaban J connectivity index is 2.06. The van der Waals surface area contributed by atoms with Crippen molar-refractivity contribution < 1.29 is 9.18 Å². The number of nitrogens with zero attached hydrogens (tertiary/aromatic N) is 2. The van der Waals surface area contributed by atoms with Crippen molar-refractivity contribution in [3.05, 3.63) is 69.9 Å². The zero-order chi connectivity index (χ0) is 18.7. The van der Waals surface area contributed by atoms with E-state index in [4.69, 9.17) is 0 Å². The fourth-order valence-corrected chi connectivity index (χ4v) is 2.81. The highest BCUT2D eigenvalue weighted by molar-refractivity contribution is 6.11. The summed E-state index contributed by atoms with van der Waals surface area (Å²) in [7, 11) is 0. The molecule has 0 bridgehead atoms. The predicted octanol–water partition coefficient (Wildman–Crippen LogP) is 3.90. The summed E-state index contributed by atoms with van der Waals surface area (Å²) in [4.78, 5) is 25.4. The van der Waals surface area contributed by atoms with E-state index in [1.165, 1.54) is 22.9 Å². The van der Waals surface area contributed by atoms with Crippen LogP contribution in [0, 0.1) is 12.7 Å². The first-order chi connectivity index (χ1) is 12.5. The molecule has 0 fully saturated rings. The number of aromatic nitrogens is 2. The van der Waals surface area contributed by atoms with E-state index in [9.17, 15) is 14.0 Å². The van der Waals surface area contributed by atoms with E-state index in [0.29, 0.717) is 28.6 Å². The second-order valence-corrected chi connectivity index (χ2v) is 6.19. The largest absolute Gasteiger partial charge is 0.320 e. The van der Waals surface area contributed by atoms with Gasteiger partial charge in [-0.1, -0.05) is 31.5 Å². The van der Waals surface area contributed by atoms with Gasteiger partial charge < -0.3 is 5.32 Å². The molecule has 0 aliphatic carbocycles. The number of unbranched alkanes of at least 4 members (excludes halogenated alkanes) is 1. The summed E-state index contributed by atoms with van der Waals surface area (Å²) in [5, 5.41) is 8.02. The van der Waals surface area contributed by atoms with Crippen LogP contribution >= 0.6 is 0 Å². The Morgan fingerprint density at radius 2 is 1.92 bits per heavy atom. The molecule has 0 aliphatic heterocycles. The van der Waals surface area contributed by atoms with Gasteiger partial charge in [-0.2, -0.15) is 5.10 Å². The van der Waals surface area contributed by atoms with Crippen molar-refractivity contribution in [1.29, 1.82) is 0 Å². The number of fused-ring (bicyclic) bond motifs is 1. The molecule has 0 unspecified atom stereocenters. The number of hydrogen-bond donors (Lipinski definition) is 1. The Labute approximate surface area is 150 Å². The SMILES string of the molecule is CCCCn1nc(C(=O)Nc2ccc(F)cc2C)c2ccccc2c1=O. The van der Waals surface area contributed by atoms with Crippen LogP contribution in [0.2, 0.25) is 0 Å². The van der Waals surface area contributed by atoms with Gasteiger partial charge in [0.15, 0.2) is 5.69 Å². The van der Waals surface area contributed by atoms with Crippen molar-refractivity contribution in [2.45, 2.75) is 33.2 Å². The lowest BCUT2D eigenvalue weighted by Crippen LogP contribution is -2.27. The highest BCUT2D eigenvalue weighted by Crippen LogP contribution is 2.19. The molecule has 2 aromatic carbocycles. The minimum Gasteiger partial charge on any atom is -0.320 e. The van der Waals surface area contributed by atoms with Crippen molar-refractivity contribution in [2.24, 2.45) is 0 Å². The molecule has 3 aromatic rings. The quantitative estimate of drug-likeness (QED) is 0.757. The van der Waals surface area contributed by atoms with Gasteiger partial charge in [-0.25, -0.2) is 9.07 Å². The maximum atomic E-state index is 13.3. The monoisotopic (exact) mass is 353 g/mol. The number of aryl methyl sites for hydroxylation is 2. The van der Waals surface area contributed by atoms with Crippen molar-refractivity contribution in [3.63, 3.8) is 0 Å². The van der Waals surface area contributed by atoms with Gasteiger partial charge in [0.05, 0.1) is 5.39 Å². The summed E-state index contributed by atoms with van der Waals surface area (Å²) < 4.78 is 14.6. The maximum Gasteiger partial charge on any atom is 0.276 e. The molecule has 1 amide bonds. The standard InChI is InChI=1S/C20H20FN3O2/c1-3-4-11-24-20(26)16-8-6-5-7-15(16)18(23-24)19(25)22-17-10-9-14(21)12-13(17)2/h5-10,12H,3-4,11H2,1-2H3,(H,22,25). The lowest BCUT2D eigenvalue weighted by Gasteiger charge is -2.12. The summed E-state index contributed by atoms with van der Waals surface area (Å²) in [6, 6.07) is 11.1. The number of halogens is 1. The summed E-state index contributed by atoms with van der Waals surface area (Å²) >= 11 is 0. The Bertz CT molecular complexity index is 1030. The van der Waals surface area contributed by atoms with Crippen LogP contribution in [0.25, 0.3) is 10.8 Å². The Hall–Kier alpha value is -3.02. The number of benzene rings is 2. The molecule has 0 aliphatic rings. The first kappa shape index (κ1) is 17.8. The van der Waals surface area contributed by atoms with Crippen LogP contribution < -0.4 is 10.9 Å². The molecule has 6 heteroatoms. The Morgan fingerprint density at radius 1 is 1.19 bits per heavy atom. The van der Waals surface area contributed by atoms with Crippen LogP contribution in [0.1, 0.15) is 35.8 Å². The molecule has 0 saturated heterocycles. The molecular formula is C20H20FN3O2. The fourth-order valence-electron chi connectivity index (χ4n) is 2.81. The van der Waals surface area contributed by atoms with Gasteiger partial charge in [0.1, 0.15) is 5.82 Å². The zero-order valence-electron chi connectivity index (χ0n) is 14.8. The highest BCUT2D eigenvalue weighted by atomic mass is 19.1. The van der Waals surface area contributed by atoms with Gasteiger partial charge >= 0.3 is 0 Å². The number of hydrogen-bond acceptors (Lipinski definition) is 3. The zero-order valence-corrected chi connectivity index (χ0v) is 14.8. The average Bonchev–Trinajstić information content (AvgIpc) is 2.63. The van der Waals surface area contributed by atoms with Crippen LogP contribution in [0.3, 0.4) is 0 Å². The molecule has 3 rings (SSSR count). The van der Waals surface area contributed by atoms with Crippen molar-refractivity contribution in [2.75, 3.05) is 5.32 Å². The third-order valence-electron chi connectivity index (χ3n) is 4.24. The predicted molar refractivity (Wildman–Crippen MR) is 100 cm³/mol. The molecule has 1 aromatic heterocycles. The van der Waals surface area contributed by atoms with E-state index in [2.05, 4.69) is 10.4 Å². The Morgan fingerprint density at radius 3 is 2.62 bits per heavy atom. The number of carbonyl (C=O) groups is 1. The van der Waals surface area contributed by atoms with E-state index >= 15 is 0 Å². The fraction of sp³-hybridized carbons (Fsp3) is 0.250. The third-order valence-corrected chi connectivity index (χ3v) is 4.24. The molecule has 26 heavy (non-hydrogen) atoms. The molecule has 1 N–H and O–H groups in total. The van der Waals surface area contributed by atoms with Crippen molar-refractivity contribution in [3.8, 4) is 0 Å². The van der Waals surface area contributed by atoms with Gasteiger partial charge in [-0.05, 0) is 43.2 Å². The topological polar surface area (TPSA) is 64.0 Å². The number of amides is 1. The smallest absolute Gasteiger partial charge is 0.276 e. The first-order valence-electron chi connectivity index (χ1n) is 8.58. The third kappa shape index (κ3) is 3.49. The summed E-state index contributed by atoms with van der Waals surface area (Å²) in [6.07, 6.45) is 1.71.